The first kappa shape index (κ1) is 12.8. The molecule has 0 aliphatic carbocycles. The summed E-state index contributed by atoms with van der Waals surface area (Å²) in [5.41, 5.74) is 6.94. The van der Waals surface area contributed by atoms with E-state index in [0.29, 0.717) is 11.5 Å². The lowest BCUT2D eigenvalue weighted by atomic mass is 10.2. The topological polar surface area (TPSA) is 85.1 Å². The molecule has 5 nitrogen and oxygen atoms in total. The predicted molar refractivity (Wildman–Crippen MR) is 65.6 cm³/mol. The zero-order valence-electron chi connectivity index (χ0n) is 9.69. The first-order chi connectivity index (χ1) is 7.30. The van der Waals surface area contributed by atoms with E-state index in [0.717, 1.165) is 5.56 Å². The van der Waals surface area contributed by atoms with E-state index in [1.807, 2.05) is 13.8 Å². The number of hydrogen-bond acceptors (Lipinski definition) is 4. The van der Waals surface area contributed by atoms with Crippen LogP contribution in [0.4, 0.5) is 11.5 Å². The number of aromatic nitrogens is 1. The SMILES string of the molecule is Cc1cc(NS(=O)(=O)CC(C)C)ncc1N. The van der Waals surface area contributed by atoms with Crippen LogP contribution in [-0.2, 0) is 10.0 Å². The predicted octanol–water partition coefficient (Wildman–Crippen LogP) is 1.37. The summed E-state index contributed by atoms with van der Waals surface area (Å²) < 4.78 is 25.7. The zero-order chi connectivity index (χ0) is 12.3. The number of nitrogens with one attached hydrogen (secondary N) is 1. The highest BCUT2D eigenvalue weighted by Crippen LogP contribution is 2.14. The Morgan fingerprint density at radius 2 is 2.12 bits per heavy atom. The summed E-state index contributed by atoms with van der Waals surface area (Å²) >= 11 is 0. The third kappa shape index (κ3) is 3.69. The first-order valence-corrected chi connectivity index (χ1v) is 6.68. The second-order valence-electron chi connectivity index (χ2n) is 4.20. The number of nitrogen functional groups attached to an aromatic ring is 1. The maximum Gasteiger partial charge on any atom is 0.234 e. The van der Waals surface area contributed by atoms with Crippen molar-refractivity contribution in [2.75, 3.05) is 16.2 Å². The largest absolute Gasteiger partial charge is 0.397 e. The molecule has 0 radical (unpaired) electrons. The Morgan fingerprint density at radius 1 is 1.50 bits per heavy atom. The van der Waals surface area contributed by atoms with Crippen molar-refractivity contribution < 1.29 is 8.42 Å². The Morgan fingerprint density at radius 3 is 2.62 bits per heavy atom. The van der Waals surface area contributed by atoms with Crippen LogP contribution < -0.4 is 10.5 Å². The Labute approximate surface area is 96.1 Å². The van der Waals surface area contributed by atoms with Crippen molar-refractivity contribution in [1.82, 2.24) is 4.98 Å². The number of aryl methyl sites for hydroxylation is 1. The number of anilines is 2. The van der Waals surface area contributed by atoms with Gasteiger partial charge in [0.15, 0.2) is 0 Å². The maximum absolute atomic E-state index is 11.6. The van der Waals surface area contributed by atoms with Crippen molar-refractivity contribution in [2.45, 2.75) is 20.8 Å². The molecule has 0 amide bonds. The number of pyridine rings is 1. The molecular weight excluding hydrogens is 226 g/mol. The molecule has 1 aromatic heterocycles. The van der Waals surface area contributed by atoms with E-state index < -0.39 is 10.0 Å². The Bertz CT molecular complexity index is 469. The summed E-state index contributed by atoms with van der Waals surface area (Å²) in [6, 6.07) is 1.62. The fourth-order valence-electron chi connectivity index (χ4n) is 1.26. The van der Waals surface area contributed by atoms with E-state index in [4.69, 9.17) is 5.73 Å². The van der Waals surface area contributed by atoms with Gasteiger partial charge in [0.2, 0.25) is 10.0 Å². The van der Waals surface area contributed by atoms with Crippen LogP contribution in [0.3, 0.4) is 0 Å². The Balaban J connectivity index is 2.84. The number of hydrogen-bond donors (Lipinski definition) is 2. The lowest BCUT2D eigenvalue weighted by Gasteiger charge is -2.10. The molecule has 0 aliphatic rings. The summed E-state index contributed by atoms with van der Waals surface area (Å²) in [5, 5.41) is 0. The highest BCUT2D eigenvalue weighted by atomic mass is 32.2. The van der Waals surface area contributed by atoms with Crippen LogP contribution in [0.15, 0.2) is 12.3 Å². The molecule has 1 heterocycles. The van der Waals surface area contributed by atoms with Gasteiger partial charge in [-0.25, -0.2) is 13.4 Å². The molecule has 0 spiro atoms. The smallest absolute Gasteiger partial charge is 0.234 e. The molecule has 0 atom stereocenters. The van der Waals surface area contributed by atoms with Crippen molar-refractivity contribution in [3.05, 3.63) is 17.8 Å². The number of nitrogens with two attached hydrogens (primary N) is 1. The second-order valence-corrected chi connectivity index (χ2v) is 5.97. The molecule has 0 bridgehead atoms. The minimum atomic E-state index is -3.32. The third-order valence-corrected chi connectivity index (χ3v) is 3.59. The van der Waals surface area contributed by atoms with Gasteiger partial charge in [0.25, 0.3) is 0 Å². The van der Waals surface area contributed by atoms with Crippen LogP contribution in [0.25, 0.3) is 0 Å². The lowest BCUT2D eigenvalue weighted by molar-refractivity contribution is 0.587. The van der Waals surface area contributed by atoms with Crippen molar-refractivity contribution >= 4 is 21.5 Å². The number of sulfonamides is 1. The van der Waals surface area contributed by atoms with Crippen LogP contribution in [0.2, 0.25) is 0 Å². The fourth-order valence-corrected chi connectivity index (χ4v) is 2.65. The molecule has 3 N–H and O–H groups in total. The monoisotopic (exact) mass is 243 g/mol. The molecule has 6 heteroatoms. The molecule has 0 aliphatic heterocycles. The molecule has 16 heavy (non-hydrogen) atoms. The third-order valence-electron chi connectivity index (χ3n) is 1.96. The normalized spacial score (nSPS) is 11.8. The van der Waals surface area contributed by atoms with Gasteiger partial charge in [-0.05, 0) is 24.5 Å². The number of nitrogens with zero attached hydrogens (tertiary/aromatic N) is 1. The minimum absolute atomic E-state index is 0.0763. The molecule has 1 rings (SSSR count). The van der Waals surface area contributed by atoms with E-state index in [2.05, 4.69) is 9.71 Å². The van der Waals surface area contributed by atoms with Crippen molar-refractivity contribution in [1.29, 1.82) is 0 Å². The van der Waals surface area contributed by atoms with Crippen LogP contribution >= 0.6 is 0 Å². The Kier molecular flexibility index (Phi) is 3.74. The highest BCUT2D eigenvalue weighted by molar-refractivity contribution is 7.92. The molecule has 0 unspecified atom stereocenters. The van der Waals surface area contributed by atoms with E-state index in [-0.39, 0.29) is 11.7 Å². The van der Waals surface area contributed by atoms with E-state index >= 15 is 0 Å². The molecule has 0 saturated carbocycles. The van der Waals surface area contributed by atoms with Crippen LogP contribution in [0.1, 0.15) is 19.4 Å². The van der Waals surface area contributed by atoms with E-state index in [9.17, 15) is 8.42 Å². The minimum Gasteiger partial charge on any atom is -0.397 e. The molecule has 0 fully saturated rings. The van der Waals surface area contributed by atoms with Crippen LogP contribution in [0, 0.1) is 12.8 Å². The molecule has 0 saturated heterocycles. The maximum atomic E-state index is 11.6. The summed E-state index contributed by atoms with van der Waals surface area (Å²) in [7, 11) is -3.32. The van der Waals surface area contributed by atoms with Crippen molar-refractivity contribution in [3.8, 4) is 0 Å². The summed E-state index contributed by atoms with van der Waals surface area (Å²) in [5.74, 6) is 0.470. The van der Waals surface area contributed by atoms with Gasteiger partial charge in [0, 0.05) is 0 Å². The van der Waals surface area contributed by atoms with Crippen molar-refractivity contribution in [2.24, 2.45) is 5.92 Å². The van der Waals surface area contributed by atoms with Crippen molar-refractivity contribution in [3.63, 3.8) is 0 Å². The lowest BCUT2D eigenvalue weighted by Crippen LogP contribution is -2.20. The summed E-state index contributed by atoms with van der Waals surface area (Å²) in [4.78, 5) is 3.92. The first-order valence-electron chi connectivity index (χ1n) is 5.03. The second kappa shape index (κ2) is 4.69. The average molecular weight is 243 g/mol. The van der Waals surface area contributed by atoms with Gasteiger partial charge in [-0.15, -0.1) is 0 Å². The van der Waals surface area contributed by atoms with Gasteiger partial charge in [0.05, 0.1) is 17.6 Å². The number of rotatable bonds is 4. The standard InChI is InChI=1S/C10H17N3O2S/c1-7(2)6-16(14,15)13-10-4-8(3)9(11)5-12-10/h4-5,7H,6,11H2,1-3H3,(H,12,13). The summed E-state index contributed by atoms with van der Waals surface area (Å²) in [6.07, 6.45) is 1.45. The van der Waals surface area contributed by atoms with Gasteiger partial charge in [-0.1, -0.05) is 13.8 Å². The van der Waals surface area contributed by atoms with Gasteiger partial charge in [-0.3, -0.25) is 4.72 Å². The van der Waals surface area contributed by atoms with Gasteiger partial charge < -0.3 is 5.73 Å². The zero-order valence-corrected chi connectivity index (χ0v) is 10.5. The Hall–Kier alpha value is -1.30. The molecular formula is C10H17N3O2S. The van der Waals surface area contributed by atoms with E-state index in [1.165, 1.54) is 6.20 Å². The van der Waals surface area contributed by atoms with Crippen LogP contribution in [0.5, 0.6) is 0 Å². The fraction of sp³-hybridized carbons (Fsp3) is 0.500. The molecule has 1 aromatic rings. The molecule has 0 aromatic carbocycles. The van der Waals surface area contributed by atoms with Crippen LogP contribution in [-0.4, -0.2) is 19.2 Å². The summed E-state index contributed by atoms with van der Waals surface area (Å²) in [6.45, 7) is 5.50. The van der Waals surface area contributed by atoms with Gasteiger partial charge in [-0.2, -0.15) is 0 Å². The molecule has 90 valence electrons. The average Bonchev–Trinajstić information content (AvgIpc) is 2.08. The quantitative estimate of drug-likeness (QED) is 0.836. The van der Waals surface area contributed by atoms with Gasteiger partial charge in [0.1, 0.15) is 5.82 Å². The highest BCUT2D eigenvalue weighted by Gasteiger charge is 2.13. The van der Waals surface area contributed by atoms with Gasteiger partial charge >= 0.3 is 0 Å². The van der Waals surface area contributed by atoms with E-state index in [1.54, 1.807) is 13.0 Å².